The highest BCUT2D eigenvalue weighted by molar-refractivity contribution is 5.77. The Labute approximate surface area is 123 Å². The van der Waals surface area contributed by atoms with E-state index < -0.39 is 0 Å². The zero-order valence-electron chi connectivity index (χ0n) is 11.8. The van der Waals surface area contributed by atoms with Gasteiger partial charge in [-0.05, 0) is 30.3 Å². The molecule has 104 valence electrons. The van der Waals surface area contributed by atoms with Crippen molar-refractivity contribution in [3.63, 3.8) is 0 Å². The highest BCUT2D eigenvalue weighted by atomic mass is 16.5. The number of ether oxygens (including phenoxy) is 1. The molecule has 0 radical (unpaired) electrons. The number of nitriles is 1. The molecule has 0 saturated carbocycles. The second-order valence-corrected chi connectivity index (χ2v) is 4.81. The maximum Gasteiger partial charge on any atom is 0.119 e. The van der Waals surface area contributed by atoms with Gasteiger partial charge in [0.25, 0.3) is 0 Å². The Kier molecular flexibility index (Phi) is 3.57. The Bertz CT molecular complexity index is 800. The summed E-state index contributed by atoms with van der Waals surface area (Å²) in [7, 11) is 1.99. The molecule has 0 bridgehead atoms. The molecule has 0 amide bonds. The molecule has 1 aromatic heterocycles. The standard InChI is InChI=1S/C17H15N3O/c1-20-16-8-7-13(12-18)11-15(16)19-17(20)9-10-21-14-5-3-2-4-6-14/h2-8,11H,9-10H2,1H3. The first-order chi connectivity index (χ1) is 10.3. The number of nitrogens with zero attached hydrogens (tertiary/aromatic N) is 3. The van der Waals surface area contributed by atoms with Gasteiger partial charge in [-0.15, -0.1) is 0 Å². The number of hydrogen-bond donors (Lipinski definition) is 0. The van der Waals surface area contributed by atoms with E-state index in [2.05, 4.69) is 11.1 Å². The SMILES string of the molecule is Cn1c(CCOc2ccccc2)nc2cc(C#N)ccc21. The Morgan fingerprint density at radius 3 is 2.76 bits per heavy atom. The number of hydrogen-bond acceptors (Lipinski definition) is 3. The first-order valence-electron chi connectivity index (χ1n) is 6.81. The van der Waals surface area contributed by atoms with Crippen molar-refractivity contribution in [2.45, 2.75) is 6.42 Å². The van der Waals surface area contributed by atoms with Crippen LogP contribution < -0.4 is 4.74 Å². The van der Waals surface area contributed by atoms with Gasteiger partial charge in [-0.25, -0.2) is 4.98 Å². The average molecular weight is 277 g/mol. The highest BCUT2D eigenvalue weighted by Crippen LogP contribution is 2.17. The van der Waals surface area contributed by atoms with Gasteiger partial charge in [-0.3, -0.25) is 0 Å². The molecule has 0 N–H and O–H groups in total. The smallest absolute Gasteiger partial charge is 0.119 e. The fourth-order valence-corrected chi connectivity index (χ4v) is 2.32. The van der Waals surface area contributed by atoms with Crippen molar-refractivity contribution >= 4 is 11.0 Å². The van der Waals surface area contributed by atoms with Crippen LogP contribution in [-0.2, 0) is 13.5 Å². The number of rotatable bonds is 4. The fraction of sp³-hybridized carbons (Fsp3) is 0.176. The lowest BCUT2D eigenvalue weighted by atomic mass is 10.2. The largest absolute Gasteiger partial charge is 0.493 e. The van der Waals surface area contributed by atoms with E-state index in [0.29, 0.717) is 12.2 Å². The van der Waals surface area contributed by atoms with Crippen LogP contribution in [0.4, 0.5) is 0 Å². The quantitative estimate of drug-likeness (QED) is 0.736. The number of aromatic nitrogens is 2. The number of benzene rings is 2. The molecule has 3 aromatic rings. The van der Waals surface area contributed by atoms with Crippen molar-refractivity contribution in [3.05, 3.63) is 59.9 Å². The van der Waals surface area contributed by atoms with Crippen LogP contribution in [0.5, 0.6) is 5.75 Å². The number of fused-ring (bicyclic) bond motifs is 1. The van der Waals surface area contributed by atoms with Crippen molar-refractivity contribution in [3.8, 4) is 11.8 Å². The van der Waals surface area contributed by atoms with Gasteiger partial charge in [0.15, 0.2) is 0 Å². The van der Waals surface area contributed by atoms with E-state index in [0.717, 1.165) is 29.0 Å². The maximum absolute atomic E-state index is 8.94. The van der Waals surface area contributed by atoms with Crippen molar-refractivity contribution in [2.75, 3.05) is 6.61 Å². The molecular formula is C17H15N3O. The summed E-state index contributed by atoms with van der Waals surface area (Å²) >= 11 is 0. The van der Waals surface area contributed by atoms with Gasteiger partial charge < -0.3 is 9.30 Å². The summed E-state index contributed by atoms with van der Waals surface area (Å²) < 4.78 is 7.75. The molecule has 4 nitrogen and oxygen atoms in total. The summed E-state index contributed by atoms with van der Waals surface area (Å²) in [4.78, 5) is 4.58. The third-order valence-corrected chi connectivity index (χ3v) is 3.44. The Morgan fingerprint density at radius 1 is 1.19 bits per heavy atom. The van der Waals surface area contributed by atoms with Gasteiger partial charge in [0.2, 0.25) is 0 Å². The molecule has 0 fully saturated rings. The average Bonchev–Trinajstić information content (AvgIpc) is 2.84. The molecule has 1 heterocycles. The van der Waals surface area contributed by atoms with Crippen LogP contribution in [0.1, 0.15) is 11.4 Å². The van der Waals surface area contributed by atoms with Gasteiger partial charge in [0, 0.05) is 13.5 Å². The summed E-state index contributed by atoms with van der Waals surface area (Å²) in [6.07, 6.45) is 0.724. The van der Waals surface area contributed by atoms with Gasteiger partial charge >= 0.3 is 0 Å². The van der Waals surface area contributed by atoms with Gasteiger partial charge in [0.05, 0.1) is 29.3 Å². The summed E-state index contributed by atoms with van der Waals surface area (Å²) in [5.41, 5.74) is 2.52. The van der Waals surface area contributed by atoms with Gasteiger partial charge in [0.1, 0.15) is 11.6 Å². The normalized spacial score (nSPS) is 10.5. The number of imidazole rings is 1. The van der Waals surface area contributed by atoms with Gasteiger partial charge in [-0.2, -0.15) is 5.26 Å². The molecule has 4 heteroatoms. The van der Waals surface area contributed by atoms with E-state index in [1.807, 2.05) is 60.1 Å². The van der Waals surface area contributed by atoms with E-state index in [1.165, 1.54) is 0 Å². The predicted molar refractivity (Wildman–Crippen MR) is 81.1 cm³/mol. The number of aryl methyl sites for hydroxylation is 1. The lowest BCUT2D eigenvalue weighted by molar-refractivity contribution is 0.318. The second-order valence-electron chi connectivity index (χ2n) is 4.81. The van der Waals surface area contributed by atoms with Crippen LogP contribution in [0, 0.1) is 11.3 Å². The lowest BCUT2D eigenvalue weighted by Crippen LogP contribution is -2.06. The van der Waals surface area contributed by atoms with Crippen LogP contribution in [0.25, 0.3) is 11.0 Å². The third-order valence-electron chi connectivity index (χ3n) is 3.44. The summed E-state index contributed by atoms with van der Waals surface area (Å²) in [5, 5.41) is 8.94. The molecule has 0 aliphatic rings. The molecule has 3 rings (SSSR count). The second kappa shape index (κ2) is 5.68. The Balaban J connectivity index is 1.75. The molecule has 0 saturated heterocycles. The summed E-state index contributed by atoms with van der Waals surface area (Å²) in [6, 6.07) is 17.4. The predicted octanol–water partition coefficient (Wildman–Crippen LogP) is 3.07. The maximum atomic E-state index is 8.94. The number of para-hydroxylation sites is 1. The molecule has 0 aliphatic heterocycles. The zero-order valence-corrected chi connectivity index (χ0v) is 11.8. The molecular weight excluding hydrogens is 262 g/mol. The van der Waals surface area contributed by atoms with E-state index in [1.54, 1.807) is 0 Å². The van der Waals surface area contributed by atoms with E-state index in [9.17, 15) is 0 Å². The molecule has 0 atom stereocenters. The Hall–Kier alpha value is -2.80. The lowest BCUT2D eigenvalue weighted by Gasteiger charge is -2.06. The van der Waals surface area contributed by atoms with Crippen molar-refractivity contribution in [2.24, 2.45) is 7.05 Å². The summed E-state index contributed by atoms with van der Waals surface area (Å²) in [6.45, 7) is 0.576. The van der Waals surface area contributed by atoms with Crippen molar-refractivity contribution in [1.82, 2.24) is 9.55 Å². The molecule has 21 heavy (non-hydrogen) atoms. The van der Waals surface area contributed by atoms with Crippen LogP contribution >= 0.6 is 0 Å². The van der Waals surface area contributed by atoms with Crippen LogP contribution in [0.2, 0.25) is 0 Å². The van der Waals surface area contributed by atoms with Crippen molar-refractivity contribution < 1.29 is 4.74 Å². The van der Waals surface area contributed by atoms with E-state index in [-0.39, 0.29) is 0 Å². The minimum absolute atomic E-state index is 0.576. The monoisotopic (exact) mass is 277 g/mol. The van der Waals surface area contributed by atoms with Crippen molar-refractivity contribution in [1.29, 1.82) is 5.26 Å². The summed E-state index contributed by atoms with van der Waals surface area (Å²) in [5.74, 6) is 1.82. The minimum Gasteiger partial charge on any atom is -0.493 e. The van der Waals surface area contributed by atoms with E-state index in [4.69, 9.17) is 10.00 Å². The fourth-order valence-electron chi connectivity index (χ4n) is 2.32. The van der Waals surface area contributed by atoms with Crippen LogP contribution in [0.3, 0.4) is 0 Å². The minimum atomic E-state index is 0.576. The molecule has 0 spiro atoms. The molecule has 2 aromatic carbocycles. The van der Waals surface area contributed by atoms with Crippen LogP contribution in [-0.4, -0.2) is 16.2 Å². The third kappa shape index (κ3) is 2.72. The topological polar surface area (TPSA) is 50.8 Å². The Morgan fingerprint density at radius 2 is 2.00 bits per heavy atom. The first-order valence-corrected chi connectivity index (χ1v) is 6.81. The van der Waals surface area contributed by atoms with Crippen LogP contribution in [0.15, 0.2) is 48.5 Å². The van der Waals surface area contributed by atoms with E-state index >= 15 is 0 Å². The highest BCUT2D eigenvalue weighted by Gasteiger charge is 2.08. The molecule has 0 aliphatic carbocycles. The molecule has 0 unspecified atom stereocenters. The zero-order chi connectivity index (χ0) is 14.7. The van der Waals surface area contributed by atoms with Gasteiger partial charge in [-0.1, -0.05) is 18.2 Å². The first kappa shape index (κ1) is 13.2.